The topological polar surface area (TPSA) is 98.2 Å². The molecule has 17 heavy (non-hydrogen) atoms. The molecule has 0 bridgehead atoms. The second-order valence-corrected chi connectivity index (χ2v) is 3.80. The van der Waals surface area contributed by atoms with Gasteiger partial charge < -0.3 is 16.8 Å². The molecule has 0 aliphatic rings. The highest BCUT2D eigenvalue weighted by Gasteiger charge is 2.05. The second kappa shape index (κ2) is 6.52. The number of amides is 2. The Morgan fingerprint density at radius 2 is 1.94 bits per heavy atom. The van der Waals surface area contributed by atoms with Crippen molar-refractivity contribution in [2.75, 3.05) is 12.3 Å². The van der Waals surface area contributed by atoms with Crippen molar-refractivity contribution in [2.45, 2.75) is 19.3 Å². The first-order valence-corrected chi connectivity index (χ1v) is 5.48. The number of carbonyl (C=O) groups excluding carboxylic acids is 2. The zero-order valence-corrected chi connectivity index (χ0v) is 9.61. The summed E-state index contributed by atoms with van der Waals surface area (Å²) in [6.45, 7) is 0.453. The number of nitrogen functional groups attached to an aromatic ring is 1. The van der Waals surface area contributed by atoms with E-state index in [9.17, 15) is 9.59 Å². The Hall–Kier alpha value is -2.04. The number of benzene rings is 1. The monoisotopic (exact) mass is 235 g/mol. The fourth-order valence-electron chi connectivity index (χ4n) is 1.42. The Morgan fingerprint density at radius 3 is 2.59 bits per heavy atom. The van der Waals surface area contributed by atoms with Crippen molar-refractivity contribution < 1.29 is 9.59 Å². The van der Waals surface area contributed by atoms with E-state index in [0.29, 0.717) is 18.7 Å². The summed E-state index contributed by atoms with van der Waals surface area (Å²) in [4.78, 5) is 22.0. The smallest absolute Gasteiger partial charge is 0.224 e. The van der Waals surface area contributed by atoms with Gasteiger partial charge in [-0.15, -0.1) is 0 Å². The zero-order chi connectivity index (χ0) is 12.7. The zero-order valence-electron chi connectivity index (χ0n) is 9.61. The molecule has 0 atom stereocenters. The van der Waals surface area contributed by atoms with Crippen molar-refractivity contribution in [3.8, 4) is 0 Å². The first-order chi connectivity index (χ1) is 8.09. The van der Waals surface area contributed by atoms with Crippen LogP contribution in [-0.2, 0) is 16.0 Å². The minimum absolute atomic E-state index is 0.104. The van der Waals surface area contributed by atoms with Crippen LogP contribution in [0.3, 0.4) is 0 Å². The van der Waals surface area contributed by atoms with Crippen LogP contribution in [0.25, 0.3) is 0 Å². The number of primary amides is 1. The summed E-state index contributed by atoms with van der Waals surface area (Å²) in [5.41, 5.74) is 12.1. The van der Waals surface area contributed by atoms with E-state index in [2.05, 4.69) is 5.32 Å². The van der Waals surface area contributed by atoms with E-state index >= 15 is 0 Å². The lowest BCUT2D eigenvalue weighted by molar-refractivity contribution is -0.121. The highest BCUT2D eigenvalue weighted by atomic mass is 16.2. The predicted molar refractivity (Wildman–Crippen MR) is 66.0 cm³/mol. The lowest BCUT2D eigenvalue weighted by atomic mass is 10.1. The van der Waals surface area contributed by atoms with Gasteiger partial charge in [0.25, 0.3) is 0 Å². The van der Waals surface area contributed by atoms with E-state index in [0.717, 1.165) is 5.56 Å². The van der Waals surface area contributed by atoms with Gasteiger partial charge in [-0.1, -0.05) is 18.2 Å². The number of carbonyl (C=O) groups is 2. The fraction of sp³-hybridized carbons (Fsp3) is 0.333. The summed E-state index contributed by atoms with van der Waals surface area (Å²) in [7, 11) is 0. The molecule has 2 amide bonds. The van der Waals surface area contributed by atoms with Crippen LogP contribution in [0.5, 0.6) is 0 Å². The molecule has 92 valence electrons. The van der Waals surface area contributed by atoms with E-state index in [-0.39, 0.29) is 24.7 Å². The molecule has 1 aromatic rings. The van der Waals surface area contributed by atoms with Gasteiger partial charge in [0, 0.05) is 18.7 Å². The molecule has 0 unspecified atom stereocenters. The molecule has 0 fully saturated rings. The number of hydrogen-bond donors (Lipinski definition) is 3. The third kappa shape index (κ3) is 5.01. The fourth-order valence-corrected chi connectivity index (χ4v) is 1.42. The molecule has 1 aromatic carbocycles. The Bertz CT molecular complexity index is 404. The van der Waals surface area contributed by atoms with Crippen molar-refractivity contribution in [2.24, 2.45) is 5.73 Å². The van der Waals surface area contributed by atoms with Gasteiger partial charge in [-0.2, -0.15) is 0 Å². The summed E-state index contributed by atoms with van der Waals surface area (Å²) in [6, 6.07) is 7.24. The molecule has 0 aliphatic carbocycles. The molecular weight excluding hydrogens is 218 g/mol. The quantitative estimate of drug-likeness (QED) is 0.485. The highest BCUT2D eigenvalue weighted by molar-refractivity contribution is 5.80. The summed E-state index contributed by atoms with van der Waals surface area (Å²) >= 11 is 0. The number of nitrogens with two attached hydrogens (primary N) is 2. The summed E-state index contributed by atoms with van der Waals surface area (Å²) in [6.07, 6.45) is 1.10. The van der Waals surface area contributed by atoms with Crippen LogP contribution in [0.15, 0.2) is 24.3 Å². The van der Waals surface area contributed by atoms with Crippen LogP contribution in [-0.4, -0.2) is 18.4 Å². The molecule has 1 rings (SSSR count). The molecule has 5 N–H and O–H groups in total. The van der Waals surface area contributed by atoms with Gasteiger partial charge in [0.15, 0.2) is 0 Å². The molecule has 5 nitrogen and oxygen atoms in total. The minimum Gasteiger partial charge on any atom is -0.398 e. The third-order valence-electron chi connectivity index (χ3n) is 2.33. The van der Waals surface area contributed by atoms with Gasteiger partial charge in [0.2, 0.25) is 11.8 Å². The number of para-hydroxylation sites is 1. The first-order valence-electron chi connectivity index (χ1n) is 5.48. The highest BCUT2D eigenvalue weighted by Crippen LogP contribution is 2.10. The predicted octanol–water partition coefficient (Wildman–Crippen LogP) is 0.193. The molecule has 5 heteroatoms. The second-order valence-electron chi connectivity index (χ2n) is 3.80. The van der Waals surface area contributed by atoms with Crippen molar-refractivity contribution in [1.29, 1.82) is 0 Å². The van der Waals surface area contributed by atoms with Gasteiger partial charge in [-0.3, -0.25) is 9.59 Å². The summed E-state index contributed by atoms with van der Waals surface area (Å²) in [5.74, 6) is -0.459. The first kappa shape index (κ1) is 13.0. The van der Waals surface area contributed by atoms with Crippen LogP contribution < -0.4 is 16.8 Å². The van der Waals surface area contributed by atoms with Crippen molar-refractivity contribution in [1.82, 2.24) is 5.32 Å². The van der Waals surface area contributed by atoms with Crippen LogP contribution in [0.2, 0.25) is 0 Å². The molecule has 0 aliphatic heterocycles. The summed E-state index contributed by atoms with van der Waals surface area (Å²) < 4.78 is 0. The van der Waals surface area contributed by atoms with Crippen LogP contribution in [0, 0.1) is 0 Å². The van der Waals surface area contributed by atoms with Gasteiger partial charge in [0.05, 0.1) is 6.42 Å². The SMILES string of the molecule is NC(=O)CCCNC(=O)Cc1ccccc1N. The Balaban J connectivity index is 2.30. The minimum atomic E-state index is -0.355. The molecule has 0 radical (unpaired) electrons. The number of rotatable bonds is 6. The van der Waals surface area contributed by atoms with Gasteiger partial charge >= 0.3 is 0 Å². The van der Waals surface area contributed by atoms with Gasteiger partial charge in [-0.05, 0) is 18.1 Å². The Labute approximate surface area is 100 Å². The molecule has 0 heterocycles. The summed E-state index contributed by atoms with van der Waals surface area (Å²) in [5, 5.41) is 2.71. The maximum atomic E-state index is 11.5. The van der Waals surface area contributed by atoms with E-state index < -0.39 is 0 Å². The Morgan fingerprint density at radius 1 is 1.24 bits per heavy atom. The standard InChI is InChI=1S/C12H17N3O2/c13-10-5-2-1-4-9(10)8-12(17)15-7-3-6-11(14)16/h1-2,4-5H,3,6-8,13H2,(H2,14,16)(H,15,17). The lowest BCUT2D eigenvalue weighted by Gasteiger charge is -2.06. The normalized spacial score (nSPS) is 9.88. The molecule has 0 aromatic heterocycles. The van der Waals surface area contributed by atoms with Crippen molar-refractivity contribution in [3.05, 3.63) is 29.8 Å². The average molecular weight is 235 g/mol. The molecular formula is C12H17N3O2. The molecule has 0 saturated heterocycles. The van der Waals surface area contributed by atoms with Gasteiger partial charge in [-0.25, -0.2) is 0 Å². The van der Waals surface area contributed by atoms with E-state index in [1.807, 2.05) is 18.2 Å². The van der Waals surface area contributed by atoms with Crippen LogP contribution >= 0.6 is 0 Å². The number of nitrogens with one attached hydrogen (secondary N) is 1. The van der Waals surface area contributed by atoms with E-state index in [1.54, 1.807) is 6.07 Å². The van der Waals surface area contributed by atoms with E-state index in [1.165, 1.54) is 0 Å². The third-order valence-corrected chi connectivity index (χ3v) is 2.33. The average Bonchev–Trinajstić information content (AvgIpc) is 2.27. The van der Waals surface area contributed by atoms with Crippen LogP contribution in [0.4, 0.5) is 5.69 Å². The van der Waals surface area contributed by atoms with Crippen LogP contribution in [0.1, 0.15) is 18.4 Å². The molecule has 0 spiro atoms. The maximum Gasteiger partial charge on any atom is 0.224 e. The van der Waals surface area contributed by atoms with Gasteiger partial charge in [0.1, 0.15) is 0 Å². The van der Waals surface area contributed by atoms with Crippen molar-refractivity contribution in [3.63, 3.8) is 0 Å². The maximum absolute atomic E-state index is 11.5. The number of anilines is 1. The van der Waals surface area contributed by atoms with E-state index in [4.69, 9.17) is 11.5 Å². The number of hydrogen-bond acceptors (Lipinski definition) is 3. The van der Waals surface area contributed by atoms with Crippen molar-refractivity contribution >= 4 is 17.5 Å². The Kier molecular flexibility index (Phi) is 5.00. The largest absolute Gasteiger partial charge is 0.398 e. The molecule has 0 saturated carbocycles. The lowest BCUT2D eigenvalue weighted by Crippen LogP contribution is -2.27.